The first kappa shape index (κ1) is 7.98. The molecule has 1 heterocycles. The van der Waals surface area contributed by atoms with E-state index in [1.54, 1.807) is 0 Å². The van der Waals surface area contributed by atoms with Crippen molar-refractivity contribution in [1.82, 2.24) is 5.32 Å². The monoisotopic (exact) mass is 145 g/mol. The van der Waals surface area contributed by atoms with Crippen LogP contribution in [0.4, 0.5) is 0 Å². The highest BCUT2D eigenvalue weighted by molar-refractivity contribution is 4.81. The number of unbranched alkanes of at least 4 members (excludes halogenated alkanes) is 1. The Morgan fingerprint density at radius 3 is 2.90 bits per heavy atom. The normalized spacial score (nSPS) is 30.6. The summed E-state index contributed by atoms with van der Waals surface area (Å²) in [5, 5.41) is 11.7. The molecule has 0 saturated carbocycles. The van der Waals surface area contributed by atoms with Crippen molar-refractivity contribution < 1.29 is 9.84 Å². The smallest absolute Gasteiger partial charge is 0.137 e. The molecule has 0 aromatic carbocycles. The SMILES string of the molecule is CCCCNC1OC1CO. The maximum atomic E-state index is 8.57. The van der Waals surface area contributed by atoms with Gasteiger partial charge in [-0.3, -0.25) is 5.32 Å². The fraction of sp³-hybridized carbons (Fsp3) is 1.00. The topological polar surface area (TPSA) is 44.8 Å². The third-order valence-corrected chi connectivity index (χ3v) is 1.64. The Hall–Kier alpha value is -0.120. The number of rotatable bonds is 5. The van der Waals surface area contributed by atoms with E-state index in [0.29, 0.717) is 0 Å². The Morgan fingerprint density at radius 1 is 1.60 bits per heavy atom. The highest BCUT2D eigenvalue weighted by Crippen LogP contribution is 2.17. The van der Waals surface area contributed by atoms with Gasteiger partial charge in [-0.2, -0.15) is 0 Å². The van der Waals surface area contributed by atoms with E-state index in [0.717, 1.165) is 6.54 Å². The van der Waals surface area contributed by atoms with Gasteiger partial charge in [0.1, 0.15) is 12.3 Å². The zero-order chi connectivity index (χ0) is 7.40. The van der Waals surface area contributed by atoms with Gasteiger partial charge in [0, 0.05) is 0 Å². The molecule has 0 aromatic heterocycles. The van der Waals surface area contributed by atoms with Crippen LogP contribution < -0.4 is 5.32 Å². The van der Waals surface area contributed by atoms with E-state index in [4.69, 9.17) is 9.84 Å². The number of hydrogen-bond donors (Lipinski definition) is 2. The molecule has 1 aliphatic heterocycles. The second-order valence-corrected chi connectivity index (χ2v) is 2.59. The third-order valence-electron chi connectivity index (χ3n) is 1.64. The van der Waals surface area contributed by atoms with Crippen LogP contribution in [0.15, 0.2) is 0 Å². The first-order valence-electron chi connectivity index (χ1n) is 3.88. The summed E-state index contributed by atoms with van der Waals surface area (Å²) in [5.41, 5.74) is 0. The Balaban J connectivity index is 1.87. The van der Waals surface area contributed by atoms with Crippen molar-refractivity contribution in [2.45, 2.75) is 32.1 Å². The van der Waals surface area contributed by atoms with Crippen molar-refractivity contribution in [3.05, 3.63) is 0 Å². The Morgan fingerprint density at radius 2 is 2.40 bits per heavy atom. The zero-order valence-corrected chi connectivity index (χ0v) is 6.34. The lowest BCUT2D eigenvalue weighted by molar-refractivity contribution is 0.240. The summed E-state index contributed by atoms with van der Waals surface area (Å²) in [6.45, 7) is 3.29. The molecular formula is C7H15NO2. The predicted octanol–water partition coefficient (Wildman–Crippen LogP) is 0.0933. The summed E-state index contributed by atoms with van der Waals surface area (Å²) in [6, 6.07) is 0. The zero-order valence-electron chi connectivity index (χ0n) is 6.34. The number of hydrogen-bond acceptors (Lipinski definition) is 3. The maximum absolute atomic E-state index is 8.57. The summed E-state index contributed by atoms with van der Waals surface area (Å²) >= 11 is 0. The molecule has 60 valence electrons. The average Bonchev–Trinajstić information content (AvgIpc) is 2.68. The van der Waals surface area contributed by atoms with Crippen molar-refractivity contribution in [1.29, 1.82) is 0 Å². The summed E-state index contributed by atoms with van der Waals surface area (Å²) < 4.78 is 5.05. The molecule has 2 atom stereocenters. The third kappa shape index (κ3) is 2.25. The molecule has 1 aliphatic rings. The number of epoxide rings is 1. The molecule has 0 amide bonds. The minimum Gasteiger partial charge on any atom is -0.394 e. The standard InChI is InChI=1S/C7H15NO2/c1-2-3-4-8-7-6(5-9)10-7/h6-9H,2-5H2,1H3. The quantitative estimate of drug-likeness (QED) is 0.426. The van der Waals surface area contributed by atoms with Crippen LogP contribution in [0, 0.1) is 0 Å². The lowest BCUT2D eigenvalue weighted by atomic mass is 10.3. The molecule has 3 heteroatoms. The second kappa shape index (κ2) is 3.91. The summed E-state index contributed by atoms with van der Waals surface area (Å²) in [5.74, 6) is 0. The minimum absolute atomic E-state index is 0.0665. The Bertz CT molecular complexity index is 97.6. The van der Waals surface area contributed by atoms with E-state index in [1.807, 2.05) is 0 Å². The first-order valence-corrected chi connectivity index (χ1v) is 3.88. The molecule has 1 saturated heterocycles. The summed E-state index contributed by atoms with van der Waals surface area (Å²) in [4.78, 5) is 0. The fourth-order valence-electron chi connectivity index (χ4n) is 0.882. The second-order valence-electron chi connectivity index (χ2n) is 2.59. The van der Waals surface area contributed by atoms with Gasteiger partial charge in [0.2, 0.25) is 0 Å². The number of ether oxygens (including phenoxy) is 1. The van der Waals surface area contributed by atoms with E-state index in [-0.39, 0.29) is 18.9 Å². The van der Waals surface area contributed by atoms with Crippen LogP contribution in [0.25, 0.3) is 0 Å². The van der Waals surface area contributed by atoms with Gasteiger partial charge in [0.05, 0.1) is 6.61 Å². The molecule has 10 heavy (non-hydrogen) atoms. The minimum atomic E-state index is 0.0665. The largest absolute Gasteiger partial charge is 0.394 e. The molecule has 3 nitrogen and oxygen atoms in total. The van der Waals surface area contributed by atoms with Crippen LogP contribution in [-0.4, -0.2) is 30.6 Å². The lowest BCUT2D eigenvalue weighted by Gasteiger charge is -1.96. The van der Waals surface area contributed by atoms with Crippen molar-refractivity contribution in [3.63, 3.8) is 0 Å². The van der Waals surface area contributed by atoms with Crippen LogP contribution in [0.1, 0.15) is 19.8 Å². The van der Waals surface area contributed by atoms with Crippen molar-refractivity contribution in [2.24, 2.45) is 0 Å². The summed E-state index contributed by atoms with van der Waals surface area (Å²) in [7, 11) is 0. The molecule has 2 N–H and O–H groups in total. The van der Waals surface area contributed by atoms with E-state index >= 15 is 0 Å². The number of nitrogens with one attached hydrogen (secondary N) is 1. The van der Waals surface area contributed by atoms with Crippen molar-refractivity contribution in [3.8, 4) is 0 Å². The van der Waals surface area contributed by atoms with Gasteiger partial charge < -0.3 is 9.84 Å². The predicted molar refractivity (Wildman–Crippen MR) is 38.7 cm³/mol. The molecule has 0 aliphatic carbocycles. The van der Waals surface area contributed by atoms with E-state index < -0.39 is 0 Å². The van der Waals surface area contributed by atoms with Crippen LogP contribution in [0.2, 0.25) is 0 Å². The van der Waals surface area contributed by atoms with Crippen LogP contribution in [-0.2, 0) is 4.74 Å². The molecule has 1 rings (SSSR count). The average molecular weight is 145 g/mol. The van der Waals surface area contributed by atoms with Gasteiger partial charge in [0.25, 0.3) is 0 Å². The van der Waals surface area contributed by atoms with E-state index in [1.165, 1.54) is 12.8 Å². The molecule has 1 fully saturated rings. The molecule has 0 aromatic rings. The molecule has 2 unspecified atom stereocenters. The van der Waals surface area contributed by atoms with Gasteiger partial charge in [-0.25, -0.2) is 0 Å². The fourth-order valence-corrected chi connectivity index (χ4v) is 0.882. The van der Waals surface area contributed by atoms with Gasteiger partial charge >= 0.3 is 0 Å². The van der Waals surface area contributed by atoms with Crippen molar-refractivity contribution >= 4 is 0 Å². The maximum Gasteiger partial charge on any atom is 0.137 e. The van der Waals surface area contributed by atoms with Gasteiger partial charge in [-0.15, -0.1) is 0 Å². The molecule has 0 bridgehead atoms. The number of aliphatic hydroxyl groups excluding tert-OH is 1. The molecular weight excluding hydrogens is 130 g/mol. The van der Waals surface area contributed by atoms with Gasteiger partial charge in [-0.1, -0.05) is 13.3 Å². The van der Waals surface area contributed by atoms with Gasteiger partial charge in [0.15, 0.2) is 0 Å². The number of aliphatic hydroxyl groups is 1. The van der Waals surface area contributed by atoms with Crippen LogP contribution >= 0.6 is 0 Å². The highest BCUT2D eigenvalue weighted by atomic mass is 16.6. The Labute approximate surface area is 61.4 Å². The van der Waals surface area contributed by atoms with Crippen LogP contribution in [0.3, 0.4) is 0 Å². The lowest BCUT2D eigenvalue weighted by Crippen LogP contribution is -2.21. The van der Waals surface area contributed by atoms with Gasteiger partial charge in [-0.05, 0) is 13.0 Å². The first-order chi connectivity index (χ1) is 4.88. The van der Waals surface area contributed by atoms with E-state index in [2.05, 4.69) is 12.2 Å². The van der Waals surface area contributed by atoms with Crippen LogP contribution in [0.5, 0.6) is 0 Å². The molecule has 0 radical (unpaired) electrons. The molecule has 0 spiro atoms. The highest BCUT2D eigenvalue weighted by Gasteiger charge is 2.37. The van der Waals surface area contributed by atoms with E-state index in [9.17, 15) is 0 Å². The summed E-state index contributed by atoms with van der Waals surface area (Å²) in [6.07, 6.45) is 2.58. The Kier molecular flexibility index (Phi) is 3.12. The van der Waals surface area contributed by atoms with Crippen molar-refractivity contribution in [2.75, 3.05) is 13.2 Å².